The number of benzene rings is 1. The Hall–Kier alpha value is -2.48. The normalized spacial score (nSPS) is 14.4. The summed E-state index contributed by atoms with van der Waals surface area (Å²) in [5, 5.41) is 7.12. The van der Waals surface area contributed by atoms with Gasteiger partial charge in [0.15, 0.2) is 0 Å². The van der Waals surface area contributed by atoms with Crippen molar-refractivity contribution in [3.8, 4) is 0 Å². The predicted octanol–water partition coefficient (Wildman–Crippen LogP) is 4.77. The number of nitrogens with zero attached hydrogens (tertiary/aromatic N) is 2. The van der Waals surface area contributed by atoms with E-state index in [1.165, 1.54) is 9.75 Å². The standard InChI is InChI=1S/C25H29N3O2S2/c29-24(10-2-7-22-8-3-17-31-22)26-21-6-1-5-20(19-21)25(30)28-15-13-27(14-16-28)12-11-23-9-4-18-32-23/h1,3-6,8-9,17-19H,2,7,10-16H2,(H,26,29). The Labute approximate surface area is 197 Å². The molecule has 3 heterocycles. The largest absolute Gasteiger partial charge is 0.336 e. The molecule has 1 saturated heterocycles. The first kappa shape index (κ1) is 22.7. The molecule has 0 unspecified atom stereocenters. The van der Waals surface area contributed by atoms with Crippen LogP contribution >= 0.6 is 22.7 Å². The molecule has 32 heavy (non-hydrogen) atoms. The van der Waals surface area contributed by atoms with Crippen LogP contribution in [0.1, 0.15) is 33.0 Å². The Morgan fingerprint density at radius 3 is 2.28 bits per heavy atom. The molecule has 4 rings (SSSR count). The minimum absolute atomic E-state index is 0.00879. The highest BCUT2D eigenvalue weighted by Crippen LogP contribution is 2.17. The number of hydrogen-bond donors (Lipinski definition) is 1. The number of hydrogen-bond acceptors (Lipinski definition) is 5. The number of carbonyl (C=O) groups is 2. The summed E-state index contributed by atoms with van der Waals surface area (Å²) in [6, 6.07) is 15.7. The second kappa shape index (κ2) is 11.4. The monoisotopic (exact) mass is 467 g/mol. The molecule has 168 valence electrons. The summed E-state index contributed by atoms with van der Waals surface area (Å²) in [7, 11) is 0. The molecule has 3 aromatic rings. The highest BCUT2D eigenvalue weighted by Gasteiger charge is 2.22. The third-order valence-electron chi connectivity index (χ3n) is 5.71. The highest BCUT2D eigenvalue weighted by atomic mass is 32.1. The van der Waals surface area contributed by atoms with Crippen LogP contribution in [0.2, 0.25) is 0 Å². The molecule has 1 N–H and O–H groups in total. The lowest BCUT2D eigenvalue weighted by atomic mass is 10.1. The maximum atomic E-state index is 13.0. The van der Waals surface area contributed by atoms with Gasteiger partial charge in [0, 0.05) is 60.1 Å². The van der Waals surface area contributed by atoms with E-state index >= 15 is 0 Å². The molecule has 0 radical (unpaired) electrons. The number of amides is 2. The minimum Gasteiger partial charge on any atom is -0.336 e. The van der Waals surface area contributed by atoms with Crippen molar-refractivity contribution in [2.75, 3.05) is 38.0 Å². The summed E-state index contributed by atoms with van der Waals surface area (Å²) in [6.45, 7) is 4.32. The lowest BCUT2D eigenvalue weighted by Crippen LogP contribution is -2.49. The van der Waals surface area contributed by atoms with Crippen molar-refractivity contribution in [1.29, 1.82) is 0 Å². The zero-order valence-electron chi connectivity index (χ0n) is 18.2. The van der Waals surface area contributed by atoms with Crippen molar-refractivity contribution in [2.45, 2.75) is 25.7 Å². The molecule has 2 amide bonds. The minimum atomic E-state index is -0.00879. The van der Waals surface area contributed by atoms with Gasteiger partial charge in [-0.15, -0.1) is 22.7 Å². The summed E-state index contributed by atoms with van der Waals surface area (Å²) < 4.78 is 0. The number of carbonyl (C=O) groups excluding carboxylic acids is 2. The fourth-order valence-electron chi connectivity index (χ4n) is 3.91. The van der Waals surface area contributed by atoms with E-state index in [2.05, 4.69) is 39.2 Å². The first-order chi connectivity index (χ1) is 15.7. The summed E-state index contributed by atoms with van der Waals surface area (Å²) in [4.78, 5) is 32.3. The smallest absolute Gasteiger partial charge is 0.254 e. The van der Waals surface area contributed by atoms with Gasteiger partial charge in [-0.2, -0.15) is 0 Å². The molecule has 0 bridgehead atoms. The van der Waals surface area contributed by atoms with Crippen LogP contribution in [0.4, 0.5) is 5.69 Å². The van der Waals surface area contributed by atoms with Crippen molar-refractivity contribution >= 4 is 40.2 Å². The quantitative estimate of drug-likeness (QED) is 0.493. The van der Waals surface area contributed by atoms with E-state index in [1.807, 2.05) is 29.2 Å². The molecule has 7 heteroatoms. The van der Waals surface area contributed by atoms with Gasteiger partial charge in [-0.25, -0.2) is 0 Å². The zero-order valence-corrected chi connectivity index (χ0v) is 19.8. The molecule has 0 atom stereocenters. The molecule has 5 nitrogen and oxygen atoms in total. The van der Waals surface area contributed by atoms with E-state index in [9.17, 15) is 9.59 Å². The van der Waals surface area contributed by atoms with Crippen LogP contribution in [0.25, 0.3) is 0 Å². The van der Waals surface area contributed by atoms with Crippen LogP contribution in [0, 0.1) is 0 Å². The Kier molecular flexibility index (Phi) is 8.09. The first-order valence-corrected chi connectivity index (χ1v) is 12.9. The van der Waals surface area contributed by atoms with Gasteiger partial charge in [0.2, 0.25) is 5.91 Å². The van der Waals surface area contributed by atoms with Crippen LogP contribution in [0.15, 0.2) is 59.3 Å². The van der Waals surface area contributed by atoms with Crippen LogP contribution in [-0.4, -0.2) is 54.3 Å². The fraction of sp³-hybridized carbons (Fsp3) is 0.360. The molecule has 1 fully saturated rings. The number of nitrogens with one attached hydrogen (secondary N) is 1. The molecule has 1 aliphatic heterocycles. The van der Waals surface area contributed by atoms with Gasteiger partial charge in [0.1, 0.15) is 0 Å². The SMILES string of the molecule is O=C(CCCc1cccs1)Nc1cccc(C(=O)N2CCN(CCc3cccs3)CC2)c1. The van der Waals surface area contributed by atoms with E-state index in [-0.39, 0.29) is 11.8 Å². The van der Waals surface area contributed by atoms with Gasteiger partial charge < -0.3 is 10.2 Å². The predicted molar refractivity (Wildman–Crippen MR) is 133 cm³/mol. The Morgan fingerprint density at radius 1 is 0.875 bits per heavy atom. The number of thiophene rings is 2. The van der Waals surface area contributed by atoms with Gasteiger partial charge in [-0.1, -0.05) is 18.2 Å². The lowest BCUT2D eigenvalue weighted by Gasteiger charge is -2.34. The third-order valence-corrected chi connectivity index (χ3v) is 7.59. The molecule has 2 aromatic heterocycles. The average Bonchev–Trinajstić information content (AvgIpc) is 3.52. The van der Waals surface area contributed by atoms with Crippen LogP contribution < -0.4 is 5.32 Å². The maximum absolute atomic E-state index is 13.0. The van der Waals surface area contributed by atoms with E-state index in [0.29, 0.717) is 17.7 Å². The first-order valence-electron chi connectivity index (χ1n) is 11.1. The van der Waals surface area contributed by atoms with Crippen molar-refractivity contribution in [3.63, 3.8) is 0 Å². The van der Waals surface area contributed by atoms with E-state index < -0.39 is 0 Å². The second-order valence-corrected chi connectivity index (χ2v) is 10.1. The summed E-state index contributed by atoms with van der Waals surface area (Å²) in [5.74, 6) is 0.0298. The Bertz CT molecular complexity index is 994. The Morgan fingerprint density at radius 2 is 1.59 bits per heavy atom. The highest BCUT2D eigenvalue weighted by molar-refractivity contribution is 7.10. The average molecular weight is 468 g/mol. The lowest BCUT2D eigenvalue weighted by molar-refractivity contribution is -0.116. The molecular formula is C25H29N3O2S2. The van der Waals surface area contributed by atoms with Crippen LogP contribution in [-0.2, 0) is 17.6 Å². The molecule has 0 saturated carbocycles. The molecular weight excluding hydrogens is 438 g/mol. The topological polar surface area (TPSA) is 52.7 Å². The number of rotatable bonds is 9. The Balaban J connectivity index is 1.22. The van der Waals surface area contributed by atoms with Crippen LogP contribution in [0.3, 0.4) is 0 Å². The van der Waals surface area contributed by atoms with Crippen LogP contribution in [0.5, 0.6) is 0 Å². The maximum Gasteiger partial charge on any atom is 0.254 e. The molecule has 0 spiro atoms. The van der Waals surface area contributed by atoms with Gasteiger partial charge in [0.25, 0.3) is 5.91 Å². The molecule has 0 aliphatic carbocycles. The third kappa shape index (κ3) is 6.51. The number of piperazine rings is 1. The van der Waals surface area contributed by atoms with Crippen molar-refractivity contribution in [1.82, 2.24) is 9.80 Å². The van der Waals surface area contributed by atoms with Gasteiger partial charge >= 0.3 is 0 Å². The van der Waals surface area contributed by atoms with Crippen molar-refractivity contribution in [2.24, 2.45) is 0 Å². The molecule has 1 aliphatic rings. The van der Waals surface area contributed by atoms with Crippen molar-refractivity contribution < 1.29 is 9.59 Å². The number of anilines is 1. The summed E-state index contributed by atoms with van der Waals surface area (Å²) in [5.41, 5.74) is 1.32. The zero-order chi connectivity index (χ0) is 22.2. The van der Waals surface area contributed by atoms with E-state index in [4.69, 9.17) is 0 Å². The fourth-order valence-corrected chi connectivity index (χ4v) is 5.36. The van der Waals surface area contributed by atoms with E-state index in [0.717, 1.165) is 52.0 Å². The summed E-state index contributed by atoms with van der Waals surface area (Å²) >= 11 is 3.53. The van der Waals surface area contributed by atoms with Gasteiger partial charge in [-0.3, -0.25) is 14.5 Å². The van der Waals surface area contributed by atoms with Gasteiger partial charge in [0.05, 0.1) is 0 Å². The van der Waals surface area contributed by atoms with Crippen molar-refractivity contribution in [3.05, 3.63) is 74.6 Å². The molecule has 1 aromatic carbocycles. The summed E-state index contributed by atoms with van der Waals surface area (Å²) in [6.07, 6.45) is 3.29. The number of aryl methyl sites for hydroxylation is 1. The second-order valence-electron chi connectivity index (χ2n) is 8.03. The van der Waals surface area contributed by atoms with Gasteiger partial charge in [-0.05, 0) is 60.4 Å². The van der Waals surface area contributed by atoms with E-state index in [1.54, 1.807) is 28.7 Å².